The fraction of sp³-hybridized carbons (Fsp3) is 0.600. The number of nitrogens with one attached hydrogen (secondary N) is 2. The van der Waals surface area contributed by atoms with Gasteiger partial charge in [0.05, 0.1) is 13.4 Å². The molecule has 0 fully saturated rings. The Morgan fingerprint density at radius 2 is 2.44 bits per heavy atom. The van der Waals surface area contributed by atoms with E-state index in [0.29, 0.717) is 5.82 Å². The predicted molar refractivity (Wildman–Crippen MR) is 67.5 cm³/mol. The van der Waals surface area contributed by atoms with Crippen molar-refractivity contribution in [1.29, 1.82) is 0 Å². The van der Waals surface area contributed by atoms with Gasteiger partial charge in [-0.15, -0.1) is 0 Å². The molecule has 1 atom stereocenters. The van der Waals surface area contributed by atoms with E-state index in [9.17, 15) is 4.79 Å². The number of methoxy groups -OCH3 is 1. The van der Waals surface area contributed by atoms with Crippen LogP contribution >= 0.6 is 11.8 Å². The fourth-order valence-corrected chi connectivity index (χ4v) is 1.87. The first-order valence-electron chi connectivity index (χ1n) is 5.06. The van der Waals surface area contributed by atoms with Crippen LogP contribution in [0.1, 0.15) is 13.3 Å². The molecule has 1 heterocycles. The van der Waals surface area contributed by atoms with Gasteiger partial charge in [-0.1, -0.05) is 0 Å². The number of anilines is 1. The van der Waals surface area contributed by atoms with E-state index in [-0.39, 0.29) is 17.4 Å². The van der Waals surface area contributed by atoms with Crippen LogP contribution in [0.15, 0.2) is 11.1 Å². The topological polar surface area (TPSA) is 67.0 Å². The number of nitrogens with zero attached hydrogens (tertiary/aromatic N) is 1. The Hall–Kier alpha value is -1.17. The van der Waals surface area contributed by atoms with Crippen LogP contribution in [0, 0.1) is 0 Å². The average Bonchev–Trinajstić information content (AvgIpc) is 2.27. The van der Waals surface area contributed by atoms with Crippen molar-refractivity contribution >= 4 is 17.6 Å². The Labute approximate surface area is 99.0 Å². The molecule has 2 N–H and O–H groups in total. The number of rotatable bonds is 6. The van der Waals surface area contributed by atoms with E-state index in [1.165, 1.54) is 13.4 Å². The summed E-state index contributed by atoms with van der Waals surface area (Å²) in [5, 5.41) is 3.17. The Kier molecular flexibility index (Phi) is 5.18. The highest BCUT2D eigenvalue weighted by Gasteiger charge is 2.10. The van der Waals surface area contributed by atoms with Crippen LogP contribution in [-0.4, -0.2) is 35.1 Å². The third-order valence-electron chi connectivity index (χ3n) is 2.15. The van der Waals surface area contributed by atoms with Gasteiger partial charge in [-0.3, -0.25) is 4.79 Å². The molecule has 6 heteroatoms. The number of ether oxygens (including phenoxy) is 1. The maximum absolute atomic E-state index is 11.4. The van der Waals surface area contributed by atoms with Gasteiger partial charge in [-0.2, -0.15) is 11.8 Å². The summed E-state index contributed by atoms with van der Waals surface area (Å²) in [5.74, 6) is 1.80. The molecule has 0 aliphatic rings. The number of thioether (sulfide) groups is 1. The summed E-state index contributed by atoms with van der Waals surface area (Å²) in [5.41, 5.74) is -0.267. The van der Waals surface area contributed by atoms with Crippen LogP contribution in [0.2, 0.25) is 0 Å². The maximum atomic E-state index is 11.4. The molecule has 0 aromatic carbocycles. The van der Waals surface area contributed by atoms with Crippen molar-refractivity contribution in [2.24, 2.45) is 0 Å². The predicted octanol–water partition coefficient (Wildman–Crippen LogP) is 1.33. The highest BCUT2D eigenvalue weighted by Crippen LogP contribution is 2.16. The van der Waals surface area contributed by atoms with Crippen molar-refractivity contribution in [2.75, 3.05) is 24.4 Å². The minimum atomic E-state index is -0.267. The molecule has 1 unspecified atom stereocenters. The van der Waals surface area contributed by atoms with E-state index >= 15 is 0 Å². The van der Waals surface area contributed by atoms with Gasteiger partial charge >= 0.3 is 0 Å². The molecule has 0 spiro atoms. The Morgan fingerprint density at radius 3 is 3.06 bits per heavy atom. The van der Waals surface area contributed by atoms with Gasteiger partial charge in [0, 0.05) is 6.04 Å². The minimum absolute atomic E-state index is 0.235. The van der Waals surface area contributed by atoms with E-state index < -0.39 is 0 Å². The lowest BCUT2D eigenvalue weighted by Gasteiger charge is -2.15. The zero-order chi connectivity index (χ0) is 12.0. The van der Waals surface area contributed by atoms with Gasteiger partial charge in [-0.05, 0) is 25.4 Å². The summed E-state index contributed by atoms with van der Waals surface area (Å²) in [6.07, 6.45) is 4.45. The molecule has 1 aromatic heterocycles. The lowest BCUT2D eigenvalue weighted by molar-refractivity contribution is 0.407. The Bertz CT molecular complexity index is 381. The molecule has 90 valence electrons. The van der Waals surface area contributed by atoms with Gasteiger partial charge < -0.3 is 15.0 Å². The molecule has 0 bridgehead atoms. The molecule has 5 nitrogen and oxygen atoms in total. The molecular formula is C10H17N3O2S. The van der Waals surface area contributed by atoms with Crippen LogP contribution in [0.25, 0.3) is 0 Å². The third kappa shape index (κ3) is 3.44. The van der Waals surface area contributed by atoms with Crippen molar-refractivity contribution < 1.29 is 4.74 Å². The lowest BCUT2D eigenvalue weighted by atomic mass is 10.2. The zero-order valence-corrected chi connectivity index (χ0v) is 10.6. The summed E-state index contributed by atoms with van der Waals surface area (Å²) in [6, 6.07) is 0.260. The van der Waals surface area contributed by atoms with Gasteiger partial charge in [0.2, 0.25) is 5.75 Å². The van der Waals surface area contributed by atoms with Crippen LogP contribution in [0.5, 0.6) is 5.75 Å². The van der Waals surface area contributed by atoms with Crippen molar-refractivity contribution in [3.8, 4) is 5.75 Å². The molecule has 1 rings (SSSR count). The summed E-state index contributed by atoms with van der Waals surface area (Å²) in [7, 11) is 1.46. The lowest BCUT2D eigenvalue weighted by Crippen LogP contribution is -2.20. The van der Waals surface area contributed by atoms with E-state index in [1.807, 2.05) is 0 Å². The number of H-pyrrole nitrogens is 1. The summed E-state index contributed by atoms with van der Waals surface area (Å²) >= 11 is 1.79. The van der Waals surface area contributed by atoms with Crippen molar-refractivity contribution in [3.63, 3.8) is 0 Å². The van der Waals surface area contributed by atoms with Gasteiger partial charge in [-0.25, -0.2) is 4.98 Å². The summed E-state index contributed by atoms with van der Waals surface area (Å²) in [4.78, 5) is 17.9. The zero-order valence-electron chi connectivity index (χ0n) is 9.74. The molecule has 0 saturated heterocycles. The number of hydrogen-bond donors (Lipinski definition) is 2. The highest BCUT2D eigenvalue weighted by atomic mass is 32.2. The summed E-state index contributed by atoms with van der Waals surface area (Å²) < 4.78 is 5.01. The SMILES string of the molecule is COc1c(NC(C)CCSC)nc[nH]c1=O. The quantitative estimate of drug-likeness (QED) is 0.789. The van der Waals surface area contributed by atoms with Crippen molar-refractivity contribution in [1.82, 2.24) is 9.97 Å². The monoisotopic (exact) mass is 243 g/mol. The maximum Gasteiger partial charge on any atom is 0.295 e. The van der Waals surface area contributed by atoms with Gasteiger partial charge in [0.15, 0.2) is 5.82 Å². The first kappa shape index (κ1) is 12.9. The van der Waals surface area contributed by atoms with E-state index in [4.69, 9.17) is 4.74 Å². The van der Waals surface area contributed by atoms with E-state index in [0.717, 1.165) is 12.2 Å². The Morgan fingerprint density at radius 1 is 1.69 bits per heavy atom. The normalized spacial score (nSPS) is 12.2. The molecule has 0 amide bonds. The van der Waals surface area contributed by atoms with Crippen LogP contribution in [0.3, 0.4) is 0 Å². The molecular weight excluding hydrogens is 226 g/mol. The van der Waals surface area contributed by atoms with E-state index in [1.54, 1.807) is 11.8 Å². The smallest absolute Gasteiger partial charge is 0.295 e. The standard InChI is InChI=1S/C10H17N3O2S/c1-7(4-5-16-3)13-9-8(15-2)10(14)12-6-11-9/h6-7H,4-5H2,1-3H3,(H2,11,12,13,14). The first-order chi connectivity index (χ1) is 7.69. The first-order valence-corrected chi connectivity index (χ1v) is 6.45. The van der Waals surface area contributed by atoms with Crippen LogP contribution in [-0.2, 0) is 0 Å². The van der Waals surface area contributed by atoms with Crippen LogP contribution < -0.4 is 15.6 Å². The van der Waals surface area contributed by atoms with Gasteiger partial charge in [0.1, 0.15) is 0 Å². The van der Waals surface area contributed by atoms with Crippen LogP contribution in [0.4, 0.5) is 5.82 Å². The summed E-state index contributed by atoms with van der Waals surface area (Å²) in [6.45, 7) is 2.05. The number of aromatic amines is 1. The second kappa shape index (κ2) is 6.42. The van der Waals surface area contributed by atoms with Gasteiger partial charge in [0.25, 0.3) is 5.56 Å². The molecule has 1 aromatic rings. The van der Waals surface area contributed by atoms with Crippen molar-refractivity contribution in [3.05, 3.63) is 16.7 Å². The second-order valence-electron chi connectivity index (χ2n) is 3.44. The Balaban J connectivity index is 2.73. The molecule has 0 saturated carbocycles. The third-order valence-corrected chi connectivity index (χ3v) is 2.80. The second-order valence-corrected chi connectivity index (χ2v) is 4.43. The largest absolute Gasteiger partial charge is 0.489 e. The van der Waals surface area contributed by atoms with E-state index in [2.05, 4.69) is 28.5 Å². The number of aromatic nitrogens is 2. The molecule has 0 aliphatic carbocycles. The average molecular weight is 243 g/mol. The molecule has 0 aliphatic heterocycles. The minimum Gasteiger partial charge on any atom is -0.489 e. The number of hydrogen-bond acceptors (Lipinski definition) is 5. The molecule has 0 radical (unpaired) electrons. The fourth-order valence-electron chi connectivity index (χ4n) is 1.28. The highest BCUT2D eigenvalue weighted by molar-refractivity contribution is 7.98. The van der Waals surface area contributed by atoms with Crippen molar-refractivity contribution in [2.45, 2.75) is 19.4 Å². The molecule has 16 heavy (non-hydrogen) atoms.